The van der Waals surface area contributed by atoms with Gasteiger partial charge in [-0.1, -0.05) is 0 Å². The predicted octanol–water partition coefficient (Wildman–Crippen LogP) is 5.03. The maximum absolute atomic E-state index is 7.14. The Hall–Kier alpha value is -2.34. The second-order valence-electron chi connectivity index (χ2n) is 7.34. The molecule has 4 aromatic carbocycles. The van der Waals surface area contributed by atoms with Gasteiger partial charge in [0.15, 0.2) is 0 Å². The summed E-state index contributed by atoms with van der Waals surface area (Å²) < 4.78 is 14.3. The van der Waals surface area contributed by atoms with Crippen molar-refractivity contribution in [2.75, 3.05) is 0 Å². The molecule has 2 fully saturated rings. The van der Waals surface area contributed by atoms with Gasteiger partial charge in [0.2, 0.25) is 0 Å². The van der Waals surface area contributed by atoms with Crippen LogP contribution >= 0.6 is 13.5 Å². The topological polar surface area (TPSA) is 25.1 Å². The minimum absolute atomic E-state index is 1.19. The van der Waals surface area contributed by atoms with Crippen LogP contribution in [0.5, 0.6) is 0 Å². The van der Waals surface area contributed by atoms with Crippen molar-refractivity contribution in [3.63, 3.8) is 0 Å². The summed E-state index contributed by atoms with van der Waals surface area (Å²) in [6, 6.07) is 42.3. The van der Waals surface area contributed by atoms with E-state index in [0.717, 1.165) is 0 Å². The number of hydrogen-bond acceptors (Lipinski definition) is 2. The van der Waals surface area contributed by atoms with Crippen molar-refractivity contribution in [1.82, 2.24) is 0 Å². The Labute approximate surface area is 164 Å². The van der Waals surface area contributed by atoms with E-state index in [0.29, 0.717) is 0 Å². The first-order valence-corrected chi connectivity index (χ1v) is 14.3. The molecule has 0 aliphatic carbocycles. The Morgan fingerprint density at radius 1 is 0.321 bits per heavy atom. The van der Waals surface area contributed by atoms with Crippen molar-refractivity contribution < 1.29 is 8.62 Å². The molecule has 0 aromatic heterocycles. The zero-order valence-electron chi connectivity index (χ0n) is 15.3. The van der Waals surface area contributed by atoms with Crippen molar-refractivity contribution in [3.05, 3.63) is 121 Å². The van der Waals surface area contributed by atoms with E-state index in [2.05, 4.69) is 121 Å². The summed E-state index contributed by atoms with van der Waals surface area (Å²) in [4.78, 5) is 0. The van der Waals surface area contributed by atoms with Crippen LogP contribution in [0.2, 0.25) is 0 Å². The molecule has 2 aliphatic rings. The fraction of sp³-hybridized carbons (Fsp3) is 0. The van der Waals surface area contributed by atoms with Crippen LogP contribution in [0, 0.1) is 0 Å². The van der Waals surface area contributed by atoms with E-state index in [1.807, 2.05) is 0 Å². The van der Waals surface area contributed by atoms with Crippen LogP contribution in [0.4, 0.5) is 0 Å². The second-order valence-corrected chi connectivity index (χ2v) is 18.7. The zero-order valence-corrected chi connectivity index (χ0v) is 17.0. The molecule has 28 heavy (non-hydrogen) atoms. The maximum atomic E-state index is 7.14. The molecule has 0 unspecified atom stereocenters. The molecule has 2 aliphatic heterocycles. The van der Waals surface area contributed by atoms with Gasteiger partial charge >= 0.3 is 165 Å². The molecular formula is C24H20O2P2. The molecular weight excluding hydrogens is 382 g/mol. The third kappa shape index (κ3) is 1.51. The van der Waals surface area contributed by atoms with E-state index in [4.69, 9.17) is 8.62 Å². The SMILES string of the molecule is c1ccc(P23(c4ccccc4)OP2(c2ccccc2)(c2ccccc2)O3)cc1. The molecule has 4 aromatic rings. The number of fused-ring (bicyclic) bond motifs is 1. The van der Waals surface area contributed by atoms with E-state index < -0.39 is 13.5 Å². The predicted molar refractivity (Wildman–Crippen MR) is 120 cm³/mol. The summed E-state index contributed by atoms with van der Waals surface area (Å²) in [5.41, 5.74) is 0. The first-order chi connectivity index (χ1) is 13.8. The quantitative estimate of drug-likeness (QED) is 0.353. The third-order valence-corrected chi connectivity index (χ3v) is 23.4. The normalized spacial score (nSPS) is 24.3. The van der Waals surface area contributed by atoms with Gasteiger partial charge in [-0.05, 0) is 0 Å². The summed E-state index contributed by atoms with van der Waals surface area (Å²) in [5.74, 6) is 0. The van der Waals surface area contributed by atoms with Gasteiger partial charge in [0, 0.05) is 0 Å². The van der Waals surface area contributed by atoms with Crippen molar-refractivity contribution in [2.45, 2.75) is 0 Å². The minimum atomic E-state index is -3.20. The van der Waals surface area contributed by atoms with Crippen LogP contribution in [-0.2, 0) is 8.62 Å². The Balaban J connectivity index is 1.75. The summed E-state index contributed by atoms with van der Waals surface area (Å²) in [5, 5.41) is 4.74. The average molecular weight is 402 g/mol. The Morgan fingerprint density at radius 2 is 0.536 bits per heavy atom. The monoisotopic (exact) mass is 402 g/mol. The molecule has 138 valence electrons. The fourth-order valence-electron chi connectivity index (χ4n) is 4.81. The van der Waals surface area contributed by atoms with Crippen LogP contribution in [0.3, 0.4) is 0 Å². The Kier molecular flexibility index (Phi) is 3.07. The molecule has 4 heteroatoms. The molecule has 6 rings (SSSR count). The van der Waals surface area contributed by atoms with E-state index in [9.17, 15) is 0 Å². The molecule has 2 heterocycles. The van der Waals surface area contributed by atoms with Gasteiger partial charge in [0.25, 0.3) is 0 Å². The van der Waals surface area contributed by atoms with Gasteiger partial charge < -0.3 is 0 Å². The first kappa shape index (κ1) is 16.6. The summed E-state index contributed by atoms with van der Waals surface area (Å²) >= 11 is 0. The Morgan fingerprint density at radius 3 is 0.750 bits per heavy atom. The standard InChI is InChI=1S/C24H20O2P2/c1-5-13-21(14-6-1)27(22-15-7-2-8-16-22)25-28(27,26-27,23-17-9-3-10-18-23)24-19-11-4-12-20-24/h1-20H. The van der Waals surface area contributed by atoms with Crippen LogP contribution < -0.4 is 21.2 Å². The van der Waals surface area contributed by atoms with E-state index in [-0.39, 0.29) is 0 Å². The molecule has 0 N–H and O–H groups in total. The van der Waals surface area contributed by atoms with Gasteiger partial charge in [0.05, 0.1) is 0 Å². The number of hydrogen-bond donors (Lipinski definition) is 0. The second kappa shape index (κ2) is 5.17. The Bertz CT molecular complexity index is 990. The van der Waals surface area contributed by atoms with Gasteiger partial charge in [-0.15, -0.1) is 0 Å². The van der Waals surface area contributed by atoms with Crippen molar-refractivity contribution >= 4 is 34.7 Å². The molecule has 0 radical (unpaired) electrons. The average Bonchev–Trinajstić information content (AvgIpc) is 3.58. The van der Waals surface area contributed by atoms with Gasteiger partial charge in [-0.3, -0.25) is 0 Å². The van der Waals surface area contributed by atoms with Crippen molar-refractivity contribution in [2.24, 2.45) is 0 Å². The van der Waals surface area contributed by atoms with Crippen LogP contribution in [-0.4, -0.2) is 0 Å². The molecule has 0 bridgehead atoms. The van der Waals surface area contributed by atoms with Crippen molar-refractivity contribution in [1.29, 1.82) is 0 Å². The molecule has 0 saturated carbocycles. The molecule has 0 spiro atoms. The summed E-state index contributed by atoms with van der Waals surface area (Å²) in [7, 11) is 0. The van der Waals surface area contributed by atoms with E-state index >= 15 is 0 Å². The van der Waals surface area contributed by atoms with Crippen LogP contribution in [0.1, 0.15) is 0 Å². The van der Waals surface area contributed by atoms with Crippen molar-refractivity contribution in [3.8, 4) is 0 Å². The number of rotatable bonds is 4. The first-order valence-electron chi connectivity index (χ1n) is 9.47. The third-order valence-electron chi connectivity index (χ3n) is 6.06. The molecule has 0 amide bonds. The molecule has 0 atom stereocenters. The molecule has 2 saturated heterocycles. The van der Waals surface area contributed by atoms with E-state index in [1.54, 1.807) is 0 Å². The zero-order chi connectivity index (χ0) is 18.8. The fourth-order valence-corrected chi connectivity index (χ4v) is 27.5. The number of benzene rings is 4. The van der Waals surface area contributed by atoms with Crippen LogP contribution in [0.25, 0.3) is 0 Å². The summed E-state index contributed by atoms with van der Waals surface area (Å²) in [6.07, 6.45) is 0. The van der Waals surface area contributed by atoms with Gasteiger partial charge in [-0.2, -0.15) is 0 Å². The van der Waals surface area contributed by atoms with Crippen LogP contribution in [0.15, 0.2) is 121 Å². The van der Waals surface area contributed by atoms with Gasteiger partial charge in [0.1, 0.15) is 0 Å². The summed E-state index contributed by atoms with van der Waals surface area (Å²) in [6.45, 7) is -6.40. The molecule has 2 nitrogen and oxygen atoms in total. The van der Waals surface area contributed by atoms with E-state index in [1.165, 1.54) is 21.2 Å². The van der Waals surface area contributed by atoms with Gasteiger partial charge in [-0.25, -0.2) is 0 Å².